The van der Waals surface area contributed by atoms with Crippen molar-refractivity contribution in [1.82, 2.24) is 9.97 Å². The van der Waals surface area contributed by atoms with Crippen LogP contribution in [0.3, 0.4) is 0 Å². The molecule has 2 atom stereocenters. The molecule has 1 aromatic heterocycles. The van der Waals surface area contributed by atoms with E-state index in [0.29, 0.717) is 18.4 Å². The van der Waals surface area contributed by atoms with Gasteiger partial charge >= 0.3 is 0 Å². The Labute approximate surface area is 168 Å². The molecular formula is C23H32N4O. The van der Waals surface area contributed by atoms with E-state index in [1.54, 1.807) is 0 Å². The molecular weight excluding hydrogens is 348 g/mol. The van der Waals surface area contributed by atoms with Gasteiger partial charge in [0.1, 0.15) is 11.5 Å². The highest BCUT2D eigenvalue weighted by atomic mass is 16.1. The summed E-state index contributed by atoms with van der Waals surface area (Å²) in [5.41, 5.74) is 6.27. The maximum Gasteiger partial charge on any atom is 0.165 e. The Hall–Kier alpha value is -2.43. The summed E-state index contributed by atoms with van der Waals surface area (Å²) in [6.45, 7) is 12.9. The van der Waals surface area contributed by atoms with Crippen molar-refractivity contribution in [3.8, 4) is 0 Å². The van der Waals surface area contributed by atoms with Gasteiger partial charge in [-0.2, -0.15) is 0 Å². The van der Waals surface area contributed by atoms with E-state index < -0.39 is 0 Å². The molecule has 0 fully saturated rings. The van der Waals surface area contributed by atoms with E-state index in [1.165, 1.54) is 5.56 Å². The fraction of sp³-hybridized carbons (Fsp3) is 0.522. The highest BCUT2D eigenvalue weighted by Crippen LogP contribution is 2.39. The van der Waals surface area contributed by atoms with Gasteiger partial charge < -0.3 is 10.6 Å². The molecule has 5 nitrogen and oxygen atoms in total. The Bertz CT molecular complexity index is 867. The summed E-state index contributed by atoms with van der Waals surface area (Å²) in [7, 11) is 0. The molecule has 1 aliphatic rings. The number of hydrogen-bond donors (Lipinski definition) is 2. The van der Waals surface area contributed by atoms with Crippen LogP contribution in [0.2, 0.25) is 0 Å². The fourth-order valence-electron chi connectivity index (χ4n) is 4.38. The van der Waals surface area contributed by atoms with E-state index in [4.69, 9.17) is 4.98 Å². The van der Waals surface area contributed by atoms with E-state index in [9.17, 15) is 4.79 Å². The maximum atomic E-state index is 13.0. The third-order valence-electron chi connectivity index (χ3n) is 5.58. The Morgan fingerprint density at radius 2 is 1.82 bits per heavy atom. The first-order valence-electron chi connectivity index (χ1n) is 10.3. The average molecular weight is 381 g/mol. The van der Waals surface area contributed by atoms with E-state index in [1.807, 2.05) is 6.92 Å². The molecule has 2 aromatic rings. The van der Waals surface area contributed by atoms with Crippen LogP contribution in [-0.2, 0) is 4.79 Å². The highest BCUT2D eigenvalue weighted by molar-refractivity contribution is 5.98. The minimum atomic E-state index is -0.342. The number of hydrogen-bond acceptors (Lipinski definition) is 5. The van der Waals surface area contributed by atoms with Gasteiger partial charge in [-0.15, -0.1) is 0 Å². The molecule has 0 saturated heterocycles. The van der Waals surface area contributed by atoms with Gasteiger partial charge in [0, 0.05) is 6.04 Å². The Morgan fingerprint density at radius 1 is 1.14 bits per heavy atom. The van der Waals surface area contributed by atoms with Crippen LogP contribution in [0.15, 0.2) is 12.1 Å². The monoisotopic (exact) mass is 380 g/mol. The molecule has 0 radical (unpaired) electrons. The predicted molar refractivity (Wildman–Crippen MR) is 115 cm³/mol. The molecule has 5 heteroatoms. The van der Waals surface area contributed by atoms with Crippen LogP contribution >= 0.6 is 0 Å². The van der Waals surface area contributed by atoms with Crippen LogP contribution in [0.4, 0.5) is 11.5 Å². The molecule has 150 valence electrons. The Kier molecular flexibility index (Phi) is 6.01. The van der Waals surface area contributed by atoms with Crippen molar-refractivity contribution >= 4 is 17.3 Å². The number of Topliss-reactive ketones (excluding diaryl/α,β-unsaturated/α-hetero) is 1. The lowest BCUT2D eigenvalue weighted by molar-refractivity contribution is -0.118. The van der Waals surface area contributed by atoms with E-state index in [-0.39, 0.29) is 11.7 Å². The molecule has 0 aliphatic carbocycles. The normalized spacial score (nSPS) is 17.1. The first-order chi connectivity index (χ1) is 13.3. The van der Waals surface area contributed by atoms with Gasteiger partial charge in [-0.3, -0.25) is 4.79 Å². The minimum absolute atomic E-state index is 0.159. The summed E-state index contributed by atoms with van der Waals surface area (Å²) in [6, 6.07) is 4.67. The van der Waals surface area contributed by atoms with E-state index in [0.717, 1.165) is 53.2 Å². The lowest BCUT2D eigenvalue weighted by atomic mass is 9.82. The van der Waals surface area contributed by atoms with Gasteiger partial charge in [0.2, 0.25) is 0 Å². The summed E-state index contributed by atoms with van der Waals surface area (Å²) in [6.07, 6.45) is 3.24. The summed E-state index contributed by atoms with van der Waals surface area (Å²) in [4.78, 5) is 22.4. The number of anilines is 2. The van der Waals surface area contributed by atoms with Crippen molar-refractivity contribution in [2.75, 3.05) is 17.2 Å². The van der Waals surface area contributed by atoms with Gasteiger partial charge in [-0.1, -0.05) is 38.0 Å². The number of ketones is 1. The Morgan fingerprint density at radius 3 is 2.43 bits per heavy atom. The minimum Gasteiger partial charge on any atom is -0.373 e. The number of fused-ring (bicyclic) bond motifs is 1. The second-order valence-electron chi connectivity index (χ2n) is 7.98. The largest absolute Gasteiger partial charge is 0.373 e. The first kappa shape index (κ1) is 20.3. The zero-order valence-electron chi connectivity index (χ0n) is 17.9. The molecule has 28 heavy (non-hydrogen) atoms. The van der Waals surface area contributed by atoms with Crippen LogP contribution in [-0.4, -0.2) is 28.3 Å². The predicted octanol–water partition coefficient (Wildman–Crippen LogP) is 4.83. The van der Waals surface area contributed by atoms with Crippen molar-refractivity contribution in [3.05, 3.63) is 45.9 Å². The van der Waals surface area contributed by atoms with E-state index >= 15 is 0 Å². The molecule has 1 aromatic carbocycles. The number of rotatable bonds is 6. The summed E-state index contributed by atoms with van der Waals surface area (Å²) in [5.74, 6) is 1.33. The standard InChI is InChI=1S/C23H32N4O/c1-7-9-17(8-2)27-23-22-21(25-16(6)26-23)20(18(28)12-24-22)19-14(4)10-13(3)11-15(19)5/h10-11,17,20,24H,7-9,12H2,1-6H3,(H,25,26,27). The first-order valence-corrected chi connectivity index (χ1v) is 10.3. The van der Waals surface area contributed by atoms with E-state index in [2.05, 4.69) is 62.4 Å². The lowest BCUT2D eigenvalue weighted by Crippen LogP contribution is -2.32. The number of nitrogens with zero attached hydrogens (tertiary/aromatic N) is 2. The smallest absolute Gasteiger partial charge is 0.165 e. The molecule has 2 unspecified atom stereocenters. The molecule has 0 spiro atoms. The quantitative estimate of drug-likeness (QED) is 0.751. The summed E-state index contributed by atoms with van der Waals surface area (Å²) < 4.78 is 0. The third-order valence-corrected chi connectivity index (χ3v) is 5.58. The number of aryl methyl sites for hydroxylation is 4. The topological polar surface area (TPSA) is 66.9 Å². The summed E-state index contributed by atoms with van der Waals surface area (Å²) in [5, 5.41) is 6.89. The molecule has 2 N–H and O–H groups in total. The number of nitrogens with one attached hydrogen (secondary N) is 2. The number of benzene rings is 1. The molecule has 0 amide bonds. The maximum absolute atomic E-state index is 13.0. The van der Waals surface area contributed by atoms with Crippen molar-refractivity contribution in [1.29, 1.82) is 0 Å². The van der Waals surface area contributed by atoms with Crippen LogP contribution < -0.4 is 10.6 Å². The van der Waals surface area contributed by atoms with Crippen molar-refractivity contribution in [3.63, 3.8) is 0 Å². The van der Waals surface area contributed by atoms with Gasteiger partial charge in [0.15, 0.2) is 11.6 Å². The van der Waals surface area contributed by atoms with Gasteiger partial charge in [0.25, 0.3) is 0 Å². The van der Waals surface area contributed by atoms with Gasteiger partial charge in [-0.25, -0.2) is 9.97 Å². The second kappa shape index (κ2) is 8.29. The fourth-order valence-corrected chi connectivity index (χ4v) is 4.38. The SMILES string of the molecule is CCCC(CC)Nc1nc(C)nc2c1NCC(=O)C2c1c(C)cc(C)cc1C. The number of carbonyl (C=O) groups excluding carboxylic acids is 1. The second-order valence-corrected chi connectivity index (χ2v) is 7.98. The van der Waals surface area contributed by atoms with Crippen molar-refractivity contribution in [2.24, 2.45) is 0 Å². The molecule has 3 rings (SSSR count). The van der Waals surface area contributed by atoms with Crippen molar-refractivity contribution < 1.29 is 4.79 Å². The molecule has 0 bridgehead atoms. The molecule has 0 saturated carbocycles. The lowest BCUT2D eigenvalue weighted by Gasteiger charge is -2.30. The number of aromatic nitrogens is 2. The summed E-state index contributed by atoms with van der Waals surface area (Å²) >= 11 is 0. The van der Waals surface area contributed by atoms with Gasteiger partial charge in [0.05, 0.1) is 18.2 Å². The average Bonchev–Trinajstić information content (AvgIpc) is 2.62. The van der Waals surface area contributed by atoms with Gasteiger partial charge in [-0.05, 0) is 57.2 Å². The molecule has 1 aliphatic heterocycles. The molecule has 2 heterocycles. The zero-order chi connectivity index (χ0) is 20.4. The third kappa shape index (κ3) is 3.89. The van der Waals surface area contributed by atoms with Crippen LogP contribution in [0.1, 0.15) is 72.8 Å². The Balaban J connectivity index is 2.13. The van der Waals surface area contributed by atoms with Crippen LogP contribution in [0, 0.1) is 27.7 Å². The van der Waals surface area contributed by atoms with Crippen molar-refractivity contribution in [2.45, 2.75) is 72.8 Å². The zero-order valence-corrected chi connectivity index (χ0v) is 17.9. The number of carbonyl (C=O) groups is 1. The van der Waals surface area contributed by atoms with Crippen LogP contribution in [0.5, 0.6) is 0 Å². The van der Waals surface area contributed by atoms with Crippen LogP contribution in [0.25, 0.3) is 0 Å². The highest BCUT2D eigenvalue weighted by Gasteiger charge is 2.35.